The van der Waals surface area contributed by atoms with Gasteiger partial charge in [-0.1, -0.05) is 59.4 Å². The van der Waals surface area contributed by atoms with Gasteiger partial charge in [-0.05, 0) is 55.3 Å². The van der Waals surface area contributed by atoms with Gasteiger partial charge in [-0.2, -0.15) is 0 Å². The second-order valence-electron chi connectivity index (χ2n) is 10.00. The number of rotatable bonds is 15. The molecule has 0 atom stereocenters. The van der Waals surface area contributed by atoms with Crippen LogP contribution >= 0.6 is 7.26 Å². The molecule has 2 aromatic rings. The van der Waals surface area contributed by atoms with Gasteiger partial charge in [-0.25, -0.2) is 18.0 Å². The number of hydrogen-bond acceptors (Lipinski definition) is 7. The Bertz CT molecular complexity index is 1120. The molecule has 0 unspecified atom stereocenters. The molecule has 9 heteroatoms. The molecule has 0 amide bonds. The summed E-state index contributed by atoms with van der Waals surface area (Å²) in [5.74, 6) is -1.45. The molecule has 0 heterocycles. The zero-order valence-electron chi connectivity index (χ0n) is 24.6. The number of carbonyl (C=O) groups excluding carboxylic acids is 2. The first-order valence-corrected chi connectivity index (χ1v) is 18.0. The van der Waals surface area contributed by atoms with Gasteiger partial charge in [0.15, 0.2) is 0 Å². The fourth-order valence-electron chi connectivity index (χ4n) is 4.66. The van der Waals surface area contributed by atoms with E-state index in [0.29, 0.717) is 5.39 Å². The van der Waals surface area contributed by atoms with Crippen LogP contribution in [0.15, 0.2) is 35.2 Å². The van der Waals surface area contributed by atoms with Crippen molar-refractivity contribution in [2.45, 2.75) is 84.0 Å². The predicted octanol–water partition coefficient (Wildman–Crippen LogP) is 7.52. The summed E-state index contributed by atoms with van der Waals surface area (Å²) in [6.45, 7) is 9.42. The Morgan fingerprint density at radius 3 is 1.54 bits per heavy atom. The van der Waals surface area contributed by atoms with Gasteiger partial charge in [0.05, 0.1) is 54.9 Å². The van der Waals surface area contributed by atoms with Crippen LogP contribution in [0.25, 0.3) is 10.8 Å². The highest BCUT2D eigenvalue weighted by Crippen LogP contribution is 2.61. The van der Waals surface area contributed by atoms with Crippen molar-refractivity contribution in [2.24, 2.45) is 0 Å². The lowest BCUT2D eigenvalue weighted by atomic mass is 10.0. The largest absolute Gasteiger partial charge is 0.744 e. The summed E-state index contributed by atoms with van der Waals surface area (Å²) in [6.07, 6.45) is 17.9. The summed E-state index contributed by atoms with van der Waals surface area (Å²) in [4.78, 5) is 22.5. The molecule has 0 bridgehead atoms. The number of esters is 2. The molecule has 0 radical (unpaired) electrons. The summed E-state index contributed by atoms with van der Waals surface area (Å²) in [5.41, 5.74) is 0.0148. The van der Waals surface area contributed by atoms with Crippen LogP contribution in [0.5, 0.6) is 0 Å². The number of methoxy groups -OCH3 is 2. The van der Waals surface area contributed by atoms with E-state index in [-0.39, 0.29) is 16.5 Å². The molecule has 39 heavy (non-hydrogen) atoms. The Balaban J connectivity index is 0.000000406. The van der Waals surface area contributed by atoms with Crippen molar-refractivity contribution in [3.05, 3.63) is 41.5 Å². The van der Waals surface area contributed by atoms with Crippen molar-refractivity contribution in [1.29, 1.82) is 0 Å². The molecule has 0 saturated carbocycles. The van der Waals surface area contributed by atoms with E-state index in [0.717, 1.165) is 13.2 Å². The Morgan fingerprint density at radius 1 is 0.718 bits per heavy atom. The summed E-state index contributed by atoms with van der Waals surface area (Å²) < 4.78 is 43.4. The Labute approximate surface area is 236 Å². The molecule has 0 spiro atoms. The van der Waals surface area contributed by atoms with Gasteiger partial charge < -0.3 is 14.0 Å². The molecular formula is C30H47O7PS. The molecule has 0 aliphatic carbocycles. The van der Waals surface area contributed by atoms with Crippen LogP contribution in [0.1, 0.15) is 99.8 Å². The lowest BCUT2D eigenvalue weighted by Gasteiger charge is -2.28. The summed E-state index contributed by atoms with van der Waals surface area (Å²) in [6, 6.07) is 6.35. The first-order valence-electron chi connectivity index (χ1n) is 14.1. The van der Waals surface area contributed by atoms with Gasteiger partial charge in [0.25, 0.3) is 0 Å². The quantitative estimate of drug-likeness (QED) is 0.121. The summed E-state index contributed by atoms with van der Waals surface area (Å²) in [5, 5.41) is 0.343. The van der Waals surface area contributed by atoms with Gasteiger partial charge in [0, 0.05) is 12.6 Å². The molecule has 2 aromatic carbocycles. The van der Waals surface area contributed by atoms with Crippen molar-refractivity contribution in [3.63, 3.8) is 0 Å². The molecule has 2 rings (SSSR count). The monoisotopic (exact) mass is 582 g/mol. The minimum Gasteiger partial charge on any atom is -0.744 e. The third kappa shape index (κ3) is 11.2. The third-order valence-corrected chi connectivity index (χ3v) is 12.9. The number of unbranched alkanes of at least 4 members (excludes halogenated alkanes) is 4. The molecule has 0 saturated heterocycles. The van der Waals surface area contributed by atoms with Crippen LogP contribution in [0, 0.1) is 0 Å². The van der Waals surface area contributed by atoms with E-state index in [1.807, 2.05) is 0 Å². The number of hydrogen-bond donors (Lipinski definition) is 0. The minimum atomic E-state index is -4.85. The van der Waals surface area contributed by atoms with Gasteiger partial charge in [-0.15, -0.1) is 0 Å². The molecule has 0 aromatic heterocycles. The van der Waals surface area contributed by atoms with E-state index in [9.17, 15) is 22.6 Å². The van der Waals surface area contributed by atoms with Crippen molar-refractivity contribution in [2.75, 3.05) is 38.9 Å². The van der Waals surface area contributed by atoms with E-state index in [1.54, 1.807) is 24.6 Å². The summed E-state index contributed by atoms with van der Waals surface area (Å²) in [7, 11) is -3.10. The topological polar surface area (TPSA) is 110 Å². The van der Waals surface area contributed by atoms with E-state index in [4.69, 9.17) is 0 Å². The fourth-order valence-corrected chi connectivity index (χ4v) is 10.7. The Morgan fingerprint density at radius 2 is 1.15 bits per heavy atom. The van der Waals surface area contributed by atoms with Crippen molar-refractivity contribution in [1.82, 2.24) is 0 Å². The zero-order chi connectivity index (χ0) is 29.5. The molecular weight excluding hydrogens is 535 g/mol. The molecule has 0 fully saturated rings. The number of fused-ring (bicyclic) bond motifs is 1. The molecule has 220 valence electrons. The van der Waals surface area contributed by atoms with E-state index < -0.39 is 34.2 Å². The summed E-state index contributed by atoms with van der Waals surface area (Å²) >= 11 is 0. The fraction of sp³-hybridized carbons (Fsp3) is 0.600. The second-order valence-corrected chi connectivity index (χ2v) is 15.8. The van der Waals surface area contributed by atoms with E-state index in [2.05, 4.69) is 37.2 Å². The normalized spacial score (nSPS) is 11.6. The predicted molar refractivity (Wildman–Crippen MR) is 161 cm³/mol. The van der Waals surface area contributed by atoms with Crippen LogP contribution in [-0.2, 0) is 19.6 Å². The third-order valence-electron chi connectivity index (χ3n) is 6.97. The maximum Gasteiger partial charge on any atom is 0.337 e. The second kappa shape index (κ2) is 17.6. The lowest BCUT2D eigenvalue weighted by molar-refractivity contribution is 0.0591. The van der Waals surface area contributed by atoms with Gasteiger partial charge >= 0.3 is 11.9 Å². The van der Waals surface area contributed by atoms with Crippen LogP contribution < -0.4 is 0 Å². The zero-order valence-corrected chi connectivity index (χ0v) is 26.3. The van der Waals surface area contributed by atoms with Crippen LogP contribution in [0.2, 0.25) is 0 Å². The average Bonchev–Trinajstić information content (AvgIpc) is 2.94. The first-order chi connectivity index (χ1) is 18.5. The lowest BCUT2D eigenvalue weighted by Crippen LogP contribution is -2.12. The highest BCUT2D eigenvalue weighted by atomic mass is 32.2. The molecule has 0 N–H and O–H groups in total. The van der Waals surface area contributed by atoms with Crippen molar-refractivity contribution < 1.29 is 32.0 Å². The standard InChI is InChI=1S/C16H36P.C14H12O7S/c1-5-9-13-17(14-10-6-2,15-11-7-3)16-12-8-4;1-20-13(15)9-4-3-8-5-10(14(16)21-2)7-12(11(8)6-9)22(17,18)19/h5-16H2,1-4H3;3-7H,1-2H3,(H,17,18,19)/q+1;/p-1. The smallest absolute Gasteiger partial charge is 0.337 e. The van der Waals surface area contributed by atoms with Crippen LogP contribution in [-0.4, -0.2) is 63.8 Å². The van der Waals surface area contributed by atoms with Gasteiger partial charge in [-0.3, -0.25) is 0 Å². The molecule has 0 aliphatic rings. The number of carbonyl (C=O) groups is 2. The van der Waals surface area contributed by atoms with Gasteiger partial charge in [0.1, 0.15) is 10.1 Å². The number of benzene rings is 2. The van der Waals surface area contributed by atoms with Crippen LogP contribution in [0.3, 0.4) is 0 Å². The van der Waals surface area contributed by atoms with E-state index in [1.165, 1.54) is 82.7 Å². The maximum atomic E-state index is 11.6. The Kier molecular flexibility index (Phi) is 15.8. The highest BCUT2D eigenvalue weighted by molar-refractivity contribution is 7.86. The maximum absolute atomic E-state index is 11.6. The first kappa shape index (κ1) is 35.0. The van der Waals surface area contributed by atoms with E-state index >= 15 is 0 Å². The molecule has 0 aliphatic heterocycles. The van der Waals surface area contributed by atoms with Gasteiger partial charge in [0.2, 0.25) is 0 Å². The highest BCUT2D eigenvalue weighted by Gasteiger charge is 2.34. The average molecular weight is 583 g/mol. The number of ether oxygens (including phenoxy) is 2. The molecule has 7 nitrogen and oxygen atoms in total. The van der Waals surface area contributed by atoms with Crippen molar-refractivity contribution in [3.8, 4) is 0 Å². The Hall–Kier alpha value is -2.02. The van der Waals surface area contributed by atoms with Crippen LogP contribution in [0.4, 0.5) is 0 Å². The SMILES string of the molecule is CCCC[P+](CCCC)(CCCC)CCCC.COC(=O)c1cc(S(=O)(=O)[O-])c2cc(C(=O)OC)ccc2c1. The minimum absolute atomic E-state index is 0.0329. The van der Waals surface area contributed by atoms with Crippen molar-refractivity contribution >= 4 is 40.1 Å².